The van der Waals surface area contributed by atoms with E-state index in [0.29, 0.717) is 0 Å². The molecule has 0 amide bonds. The normalized spacial score (nSPS) is 18.1. The molecule has 0 radical (unpaired) electrons. The molecule has 2 aliphatic rings. The third kappa shape index (κ3) is 5.20. The van der Waals surface area contributed by atoms with Crippen LogP contribution in [0, 0.1) is 0 Å². The van der Waals surface area contributed by atoms with Gasteiger partial charge in [0.2, 0.25) is 11.9 Å². The maximum absolute atomic E-state index is 4.38. The lowest BCUT2D eigenvalue weighted by Crippen LogP contribution is -2.46. The summed E-state index contributed by atoms with van der Waals surface area (Å²) >= 11 is 0. The van der Waals surface area contributed by atoms with E-state index in [2.05, 4.69) is 63.8 Å². The molecule has 4 heterocycles. The van der Waals surface area contributed by atoms with Gasteiger partial charge in [0.1, 0.15) is 0 Å². The van der Waals surface area contributed by atoms with E-state index in [9.17, 15) is 0 Å². The van der Waals surface area contributed by atoms with Gasteiger partial charge in [0.15, 0.2) is 0 Å². The highest BCUT2D eigenvalue weighted by Gasteiger charge is 2.20. The second-order valence-corrected chi connectivity index (χ2v) is 8.44. The molecule has 0 atom stereocenters. The van der Waals surface area contributed by atoms with E-state index in [0.717, 1.165) is 77.3 Å². The Kier molecular flexibility index (Phi) is 6.50. The van der Waals surface area contributed by atoms with Gasteiger partial charge >= 0.3 is 0 Å². The standard InChI is InChI=1S/C24H30N8/c1-4-21(19-29-10-14-31(15-11-29)23-25-6-2-7-26-23)18-22(5-1)20-30-12-16-32(17-13-30)24-27-8-3-9-28-24/h1-9,18H,10-17,19-20H2. The van der Waals surface area contributed by atoms with Gasteiger partial charge in [0, 0.05) is 90.2 Å². The van der Waals surface area contributed by atoms with Crippen molar-refractivity contribution in [3.05, 3.63) is 72.3 Å². The van der Waals surface area contributed by atoms with Gasteiger partial charge < -0.3 is 9.80 Å². The van der Waals surface area contributed by atoms with Gasteiger partial charge in [0.25, 0.3) is 0 Å². The molecule has 0 N–H and O–H groups in total. The van der Waals surface area contributed by atoms with Crippen LogP contribution in [0.15, 0.2) is 61.2 Å². The summed E-state index contributed by atoms with van der Waals surface area (Å²) in [6.45, 7) is 10.0. The summed E-state index contributed by atoms with van der Waals surface area (Å²) in [5, 5.41) is 0. The van der Waals surface area contributed by atoms with E-state index in [-0.39, 0.29) is 0 Å². The zero-order chi connectivity index (χ0) is 21.6. The van der Waals surface area contributed by atoms with Gasteiger partial charge in [-0.05, 0) is 23.3 Å². The van der Waals surface area contributed by atoms with Gasteiger partial charge in [-0.15, -0.1) is 0 Å². The number of anilines is 2. The zero-order valence-corrected chi connectivity index (χ0v) is 18.4. The maximum Gasteiger partial charge on any atom is 0.225 e. The molecule has 0 unspecified atom stereocenters. The monoisotopic (exact) mass is 430 g/mol. The van der Waals surface area contributed by atoms with Gasteiger partial charge in [-0.2, -0.15) is 0 Å². The van der Waals surface area contributed by atoms with Crippen LogP contribution in [-0.4, -0.2) is 82.1 Å². The van der Waals surface area contributed by atoms with Gasteiger partial charge in [-0.25, -0.2) is 19.9 Å². The Morgan fingerprint density at radius 1 is 0.531 bits per heavy atom. The van der Waals surface area contributed by atoms with E-state index in [1.54, 1.807) is 0 Å². The average molecular weight is 431 g/mol. The fourth-order valence-corrected chi connectivity index (χ4v) is 4.46. The van der Waals surface area contributed by atoms with Crippen molar-refractivity contribution in [1.29, 1.82) is 0 Å². The summed E-state index contributed by atoms with van der Waals surface area (Å²) in [5.74, 6) is 1.68. The van der Waals surface area contributed by atoms with E-state index in [1.165, 1.54) is 11.1 Å². The number of piperazine rings is 2. The molecule has 2 aliphatic heterocycles. The Balaban J connectivity index is 1.11. The number of benzene rings is 1. The van der Waals surface area contributed by atoms with Crippen LogP contribution in [0.5, 0.6) is 0 Å². The first-order chi connectivity index (χ1) is 15.8. The first-order valence-corrected chi connectivity index (χ1v) is 11.4. The lowest BCUT2D eigenvalue weighted by atomic mass is 10.1. The van der Waals surface area contributed by atoms with Crippen molar-refractivity contribution >= 4 is 11.9 Å². The summed E-state index contributed by atoms with van der Waals surface area (Å²) in [5.41, 5.74) is 2.78. The minimum atomic E-state index is 0.841. The van der Waals surface area contributed by atoms with E-state index >= 15 is 0 Å². The summed E-state index contributed by atoms with van der Waals surface area (Å²) in [6, 6.07) is 12.8. The third-order valence-electron chi connectivity index (χ3n) is 6.22. The molecule has 8 nitrogen and oxygen atoms in total. The SMILES string of the molecule is c1cnc(N2CCN(Cc3cccc(CN4CCN(c5ncccn5)CC4)c3)CC2)nc1. The van der Waals surface area contributed by atoms with Crippen LogP contribution in [0.3, 0.4) is 0 Å². The van der Waals surface area contributed by atoms with Gasteiger partial charge in [-0.3, -0.25) is 9.80 Å². The average Bonchev–Trinajstić information content (AvgIpc) is 2.86. The van der Waals surface area contributed by atoms with Gasteiger partial charge in [-0.1, -0.05) is 24.3 Å². The molecule has 5 rings (SSSR count). The largest absolute Gasteiger partial charge is 0.338 e. The lowest BCUT2D eigenvalue weighted by Gasteiger charge is -2.35. The van der Waals surface area contributed by atoms with Crippen LogP contribution in [0.2, 0.25) is 0 Å². The number of rotatable bonds is 6. The Hall–Kier alpha value is -3.10. The number of aromatic nitrogens is 4. The van der Waals surface area contributed by atoms with Crippen molar-refractivity contribution in [3.63, 3.8) is 0 Å². The number of nitrogens with zero attached hydrogens (tertiary/aromatic N) is 8. The Morgan fingerprint density at radius 2 is 0.938 bits per heavy atom. The topological polar surface area (TPSA) is 64.5 Å². The summed E-state index contributed by atoms with van der Waals surface area (Å²) in [6.07, 6.45) is 7.26. The molecule has 1 aromatic carbocycles. The number of hydrogen-bond acceptors (Lipinski definition) is 8. The van der Waals surface area contributed by atoms with E-state index < -0.39 is 0 Å². The van der Waals surface area contributed by atoms with Gasteiger partial charge in [0.05, 0.1) is 0 Å². The molecule has 166 valence electrons. The quantitative estimate of drug-likeness (QED) is 0.588. The van der Waals surface area contributed by atoms with Crippen LogP contribution in [0.1, 0.15) is 11.1 Å². The van der Waals surface area contributed by atoms with Crippen molar-refractivity contribution in [2.45, 2.75) is 13.1 Å². The fourth-order valence-electron chi connectivity index (χ4n) is 4.46. The van der Waals surface area contributed by atoms with Crippen molar-refractivity contribution < 1.29 is 0 Å². The van der Waals surface area contributed by atoms with Crippen LogP contribution >= 0.6 is 0 Å². The predicted octanol–water partition coefficient (Wildman–Crippen LogP) is 1.91. The molecule has 8 heteroatoms. The molecule has 3 aromatic rings. The molecular weight excluding hydrogens is 400 g/mol. The highest BCUT2D eigenvalue weighted by Crippen LogP contribution is 2.16. The smallest absolute Gasteiger partial charge is 0.225 e. The minimum absolute atomic E-state index is 0.841. The fraction of sp³-hybridized carbons (Fsp3) is 0.417. The molecule has 2 fully saturated rings. The van der Waals surface area contributed by atoms with Crippen LogP contribution in [0.25, 0.3) is 0 Å². The Morgan fingerprint density at radius 3 is 1.34 bits per heavy atom. The molecule has 0 aliphatic carbocycles. The van der Waals surface area contributed by atoms with Crippen LogP contribution in [-0.2, 0) is 13.1 Å². The second kappa shape index (κ2) is 10.0. The van der Waals surface area contributed by atoms with Crippen molar-refractivity contribution in [1.82, 2.24) is 29.7 Å². The van der Waals surface area contributed by atoms with Crippen molar-refractivity contribution in [2.24, 2.45) is 0 Å². The molecular formula is C24H30N8. The third-order valence-corrected chi connectivity index (χ3v) is 6.22. The van der Waals surface area contributed by atoms with Crippen molar-refractivity contribution in [2.75, 3.05) is 62.2 Å². The lowest BCUT2D eigenvalue weighted by molar-refractivity contribution is 0.245. The second-order valence-electron chi connectivity index (χ2n) is 8.44. The minimum Gasteiger partial charge on any atom is -0.338 e. The zero-order valence-electron chi connectivity index (χ0n) is 18.4. The molecule has 0 saturated carbocycles. The first kappa shape index (κ1) is 20.8. The van der Waals surface area contributed by atoms with E-state index in [4.69, 9.17) is 0 Å². The van der Waals surface area contributed by atoms with Crippen LogP contribution < -0.4 is 9.80 Å². The Labute approximate surface area is 189 Å². The van der Waals surface area contributed by atoms with Crippen molar-refractivity contribution in [3.8, 4) is 0 Å². The summed E-state index contributed by atoms with van der Waals surface area (Å²) in [7, 11) is 0. The summed E-state index contributed by atoms with van der Waals surface area (Å²) < 4.78 is 0. The molecule has 2 saturated heterocycles. The molecule has 2 aromatic heterocycles. The Bertz CT molecular complexity index is 891. The predicted molar refractivity (Wildman–Crippen MR) is 125 cm³/mol. The number of hydrogen-bond donors (Lipinski definition) is 0. The first-order valence-electron chi connectivity index (χ1n) is 11.4. The highest BCUT2D eigenvalue weighted by molar-refractivity contribution is 5.30. The molecule has 0 bridgehead atoms. The highest BCUT2D eigenvalue weighted by atomic mass is 15.3. The van der Waals surface area contributed by atoms with E-state index in [1.807, 2.05) is 36.9 Å². The van der Waals surface area contributed by atoms with Crippen LogP contribution in [0.4, 0.5) is 11.9 Å². The molecule has 0 spiro atoms. The molecule has 32 heavy (non-hydrogen) atoms. The maximum atomic E-state index is 4.38. The summed E-state index contributed by atoms with van der Waals surface area (Å²) in [4.78, 5) is 27.1.